The zero-order chi connectivity index (χ0) is 15.5. The predicted octanol–water partition coefficient (Wildman–Crippen LogP) is 2.93. The molecule has 0 aliphatic carbocycles. The van der Waals surface area contributed by atoms with Crippen LogP contribution in [-0.2, 0) is 0 Å². The number of aromatic nitrogens is 4. The van der Waals surface area contributed by atoms with Gasteiger partial charge in [-0.25, -0.2) is 5.10 Å². The summed E-state index contributed by atoms with van der Waals surface area (Å²) in [6.07, 6.45) is 0. The average molecular weight is 299 g/mol. The van der Waals surface area contributed by atoms with E-state index in [-0.39, 0.29) is 11.6 Å². The summed E-state index contributed by atoms with van der Waals surface area (Å²) in [5.41, 5.74) is 2.22. The van der Waals surface area contributed by atoms with Crippen molar-refractivity contribution >= 4 is 17.3 Å². The van der Waals surface area contributed by atoms with Gasteiger partial charge in [0.1, 0.15) is 11.5 Å². The van der Waals surface area contributed by atoms with Gasteiger partial charge in [0.15, 0.2) is 5.69 Å². The van der Waals surface area contributed by atoms with Crippen molar-refractivity contribution in [1.29, 1.82) is 0 Å². The van der Waals surface area contributed by atoms with Crippen LogP contribution in [0.5, 0.6) is 5.95 Å². The second-order valence-corrected chi connectivity index (χ2v) is 4.42. The molecule has 112 valence electrons. The highest BCUT2D eigenvalue weighted by atomic mass is 16.5. The molecule has 2 aromatic heterocycles. The highest BCUT2D eigenvalue weighted by Crippen LogP contribution is 2.38. The highest BCUT2D eigenvalue weighted by molar-refractivity contribution is 5.75. The Kier molecular flexibility index (Phi) is 3.52. The molecule has 3 N–H and O–H groups in total. The minimum Gasteiger partial charge on any atom is -0.478 e. The van der Waals surface area contributed by atoms with Gasteiger partial charge in [-0.05, 0) is 19.1 Å². The van der Waals surface area contributed by atoms with Crippen molar-refractivity contribution < 1.29 is 9.63 Å². The van der Waals surface area contributed by atoms with E-state index in [4.69, 9.17) is 4.52 Å². The number of nitrogens with one attached hydrogen (secondary N) is 2. The predicted molar refractivity (Wildman–Crippen MR) is 78.4 cm³/mol. The number of benzene rings is 1. The molecule has 0 unspecified atom stereocenters. The third kappa shape index (κ3) is 2.64. The summed E-state index contributed by atoms with van der Waals surface area (Å²) < 4.78 is 4.79. The molecule has 9 nitrogen and oxygen atoms in total. The third-order valence-electron chi connectivity index (χ3n) is 2.93. The van der Waals surface area contributed by atoms with Crippen molar-refractivity contribution in [2.75, 3.05) is 12.4 Å². The maximum Gasteiger partial charge on any atom is 0.337 e. The van der Waals surface area contributed by atoms with E-state index in [1.54, 1.807) is 6.92 Å². The molecule has 9 heteroatoms. The minimum absolute atomic E-state index is 0.131. The van der Waals surface area contributed by atoms with Gasteiger partial charge in [-0.15, -0.1) is 10.2 Å². The molecule has 3 aromatic rings. The van der Waals surface area contributed by atoms with Crippen LogP contribution in [0.15, 0.2) is 39.0 Å². The fourth-order valence-corrected chi connectivity index (χ4v) is 1.83. The Hall–Kier alpha value is -3.23. The van der Waals surface area contributed by atoms with E-state index in [1.165, 1.54) is 0 Å². The molecule has 1 aromatic carbocycles. The van der Waals surface area contributed by atoms with E-state index in [1.807, 2.05) is 31.3 Å². The van der Waals surface area contributed by atoms with Gasteiger partial charge in [0, 0.05) is 18.3 Å². The largest absolute Gasteiger partial charge is 0.478 e. The van der Waals surface area contributed by atoms with Crippen LogP contribution in [0, 0.1) is 6.92 Å². The Labute approximate surface area is 125 Å². The summed E-state index contributed by atoms with van der Waals surface area (Å²) in [5, 5.41) is 30.8. The van der Waals surface area contributed by atoms with Crippen molar-refractivity contribution in [2.24, 2.45) is 10.2 Å². The SMILES string of the molecule is CNc1ccc(-c2noc(O)c2N=Nc2nc(C)n[nH]2)cc1. The number of anilines is 1. The first-order valence-corrected chi connectivity index (χ1v) is 6.45. The van der Waals surface area contributed by atoms with Crippen molar-refractivity contribution in [3.63, 3.8) is 0 Å². The van der Waals surface area contributed by atoms with Crippen LogP contribution in [0.25, 0.3) is 11.3 Å². The summed E-state index contributed by atoms with van der Waals surface area (Å²) in [4.78, 5) is 4.00. The van der Waals surface area contributed by atoms with Crippen molar-refractivity contribution in [3.05, 3.63) is 30.1 Å². The Morgan fingerprint density at radius 1 is 1.23 bits per heavy atom. The van der Waals surface area contributed by atoms with E-state index < -0.39 is 5.95 Å². The third-order valence-corrected chi connectivity index (χ3v) is 2.93. The Balaban J connectivity index is 1.94. The maximum absolute atomic E-state index is 9.74. The monoisotopic (exact) mass is 299 g/mol. The number of azo groups is 1. The van der Waals surface area contributed by atoms with Crippen molar-refractivity contribution in [3.8, 4) is 17.2 Å². The number of aromatic hydroxyl groups is 1. The maximum atomic E-state index is 9.74. The van der Waals surface area contributed by atoms with Gasteiger partial charge >= 0.3 is 5.95 Å². The minimum atomic E-state index is -0.410. The van der Waals surface area contributed by atoms with Crippen LogP contribution in [0.4, 0.5) is 17.3 Å². The van der Waals surface area contributed by atoms with Gasteiger partial charge in [0.05, 0.1) is 0 Å². The zero-order valence-corrected chi connectivity index (χ0v) is 11.9. The molecular formula is C13H13N7O2. The number of aromatic amines is 1. The lowest BCUT2D eigenvalue weighted by Crippen LogP contribution is -1.87. The topological polar surface area (TPSA) is 125 Å². The smallest absolute Gasteiger partial charge is 0.337 e. The Morgan fingerprint density at radius 2 is 2.00 bits per heavy atom. The average Bonchev–Trinajstić information content (AvgIpc) is 3.11. The zero-order valence-electron chi connectivity index (χ0n) is 11.9. The summed E-state index contributed by atoms with van der Waals surface area (Å²) >= 11 is 0. The molecule has 0 atom stereocenters. The molecule has 0 saturated heterocycles. The van der Waals surface area contributed by atoms with Gasteiger partial charge in [-0.3, -0.25) is 0 Å². The summed E-state index contributed by atoms with van der Waals surface area (Å²) in [6, 6.07) is 7.42. The number of hydrogen-bond donors (Lipinski definition) is 3. The highest BCUT2D eigenvalue weighted by Gasteiger charge is 2.17. The quantitative estimate of drug-likeness (QED) is 0.636. The molecule has 3 rings (SSSR count). The summed E-state index contributed by atoms with van der Waals surface area (Å²) in [5.74, 6) is 0.369. The van der Waals surface area contributed by atoms with Gasteiger partial charge in [0.2, 0.25) is 0 Å². The van der Waals surface area contributed by atoms with Gasteiger partial charge in [0.25, 0.3) is 5.95 Å². The van der Waals surface area contributed by atoms with Crippen LogP contribution in [-0.4, -0.2) is 32.5 Å². The molecule has 0 amide bonds. The first-order valence-electron chi connectivity index (χ1n) is 6.45. The fourth-order valence-electron chi connectivity index (χ4n) is 1.83. The van der Waals surface area contributed by atoms with Crippen LogP contribution in [0.3, 0.4) is 0 Å². The molecule has 0 bridgehead atoms. The van der Waals surface area contributed by atoms with Crippen molar-refractivity contribution in [2.45, 2.75) is 6.92 Å². The summed E-state index contributed by atoms with van der Waals surface area (Å²) in [6.45, 7) is 1.72. The number of rotatable bonds is 4. The molecular weight excluding hydrogens is 286 g/mol. The first-order chi connectivity index (χ1) is 10.7. The Bertz CT molecular complexity index is 804. The standard InChI is InChI=1S/C13H13N7O2/c1-7-15-13(18-16-7)19-17-11-10(20-22-12(11)21)8-3-5-9(14-2)6-4-8/h3-6,14,21H,1-2H3,(H,15,16,18). The van der Waals surface area contributed by atoms with Gasteiger partial charge in [-0.2, -0.15) is 10.1 Å². The molecule has 0 fully saturated rings. The molecule has 22 heavy (non-hydrogen) atoms. The fraction of sp³-hybridized carbons (Fsp3) is 0.154. The normalized spacial score (nSPS) is 11.2. The van der Waals surface area contributed by atoms with Crippen LogP contribution < -0.4 is 5.32 Å². The van der Waals surface area contributed by atoms with Crippen molar-refractivity contribution in [1.82, 2.24) is 20.3 Å². The molecule has 0 saturated carbocycles. The van der Waals surface area contributed by atoms with E-state index >= 15 is 0 Å². The second kappa shape index (κ2) is 5.64. The molecule has 0 aliphatic rings. The lowest BCUT2D eigenvalue weighted by atomic mass is 10.1. The molecule has 0 aliphatic heterocycles. The van der Waals surface area contributed by atoms with E-state index in [2.05, 4.69) is 35.9 Å². The molecule has 0 radical (unpaired) electrons. The first kappa shape index (κ1) is 13.7. The number of nitrogens with zero attached hydrogens (tertiary/aromatic N) is 5. The van der Waals surface area contributed by atoms with Gasteiger partial charge < -0.3 is 14.9 Å². The Morgan fingerprint density at radius 3 is 2.64 bits per heavy atom. The van der Waals surface area contributed by atoms with Gasteiger partial charge in [-0.1, -0.05) is 17.3 Å². The summed E-state index contributed by atoms with van der Waals surface area (Å²) in [7, 11) is 1.83. The van der Waals surface area contributed by atoms with Crippen LogP contribution in [0.2, 0.25) is 0 Å². The number of H-pyrrole nitrogens is 1. The van der Waals surface area contributed by atoms with E-state index in [0.717, 1.165) is 11.3 Å². The lowest BCUT2D eigenvalue weighted by Gasteiger charge is -2.00. The van der Waals surface area contributed by atoms with Crippen LogP contribution in [0.1, 0.15) is 5.82 Å². The number of aryl methyl sites for hydroxylation is 1. The number of hydrogen-bond acceptors (Lipinski definition) is 8. The second-order valence-electron chi connectivity index (χ2n) is 4.42. The van der Waals surface area contributed by atoms with E-state index in [0.29, 0.717) is 11.5 Å². The van der Waals surface area contributed by atoms with E-state index in [9.17, 15) is 5.11 Å². The van der Waals surface area contributed by atoms with Crippen LogP contribution >= 0.6 is 0 Å². The molecule has 0 spiro atoms. The molecule has 2 heterocycles. The lowest BCUT2D eigenvalue weighted by molar-refractivity contribution is 0.279.